The van der Waals surface area contributed by atoms with Gasteiger partial charge in [-0.05, 0) is 30.4 Å². The van der Waals surface area contributed by atoms with Gasteiger partial charge in [-0.1, -0.05) is 6.07 Å². The van der Waals surface area contributed by atoms with Crippen molar-refractivity contribution < 1.29 is 13.9 Å². The SMILES string of the molecule is CC(=O)N1CCn2c(C3CCOCC3)nc(-c3c(F)ccc4cc(C5=CNCS5)ncc34)c2C1. The zero-order chi connectivity index (χ0) is 23.2. The van der Waals surface area contributed by atoms with Crippen molar-refractivity contribution in [3.63, 3.8) is 0 Å². The van der Waals surface area contributed by atoms with Crippen LogP contribution in [0.5, 0.6) is 0 Å². The zero-order valence-electron chi connectivity index (χ0n) is 19.0. The van der Waals surface area contributed by atoms with Crippen molar-refractivity contribution in [3.8, 4) is 11.3 Å². The van der Waals surface area contributed by atoms with Gasteiger partial charge in [-0.15, -0.1) is 11.8 Å². The molecule has 0 bridgehead atoms. The van der Waals surface area contributed by atoms with Crippen LogP contribution in [-0.2, 0) is 22.6 Å². The normalized spacial score (nSPS) is 18.6. The molecule has 34 heavy (non-hydrogen) atoms. The van der Waals surface area contributed by atoms with Crippen LogP contribution in [0.3, 0.4) is 0 Å². The molecule has 0 spiro atoms. The number of rotatable bonds is 3. The Hall–Kier alpha value is -2.91. The molecule has 2 aromatic heterocycles. The third-order valence-corrected chi connectivity index (χ3v) is 7.90. The van der Waals surface area contributed by atoms with E-state index in [1.807, 2.05) is 17.2 Å². The molecule has 176 valence electrons. The van der Waals surface area contributed by atoms with Crippen molar-refractivity contribution in [2.75, 3.05) is 25.6 Å². The van der Waals surface area contributed by atoms with Gasteiger partial charge >= 0.3 is 0 Å². The third kappa shape index (κ3) is 3.67. The fourth-order valence-corrected chi connectivity index (χ4v) is 5.89. The van der Waals surface area contributed by atoms with Crippen molar-refractivity contribution in [1.82, 2.24) is 24.8 Å². The van der Waals surface area contributed by atoms with Crippen LogP contribution in [-0.4, -0.2) is 51.0 Å². The van der Waals surface area contributed by atoms with E-state index >= 15 is 4.39 Å². The number of ether oxygens (including phenoxy) is 1. The Morgan fingerprint density at radius 3 is 2.88 bits per heavy atom. The molecule has 3 aromatic rings. The highest BCUT2D eigenvalue weighted by Crippen LogP contribution is 2.39. The molecule has 0 unspecified atom stereocenters. The first-order chi connectivity index (χ1) is 16.6. The number of amides is 1. The summed E-state index contributed by atoms with van der Waals surface area (Å²) < 4.78 is 23.3. The zero-order valence-corrected chi connectivity index (χ0v) is 19.8. The molecule has 0 radical (unpaired) electrons. The highest BCUT2D eigenvalue weighted by molar-refractivity contribution is 8.08. The highest BCUT2D eigenvalue weighted by atomic mass is 32.2. The monoisotopic (exact) mass is 479 g/mol. The summed E-state index contributed by atoms with van der Waals surface area (Å²) in [5.41, 5.74) is 2.87. The van der Waals surface area contributed by atoms with Crippen LogP contribution in [0.4, 0.5) is 4.39 Å². The molecule has 0 saturated carbocycles. The fourth-order valence-electron chi connectivity index (χ4n) is 5.14. The van der Waals surface area contributed by atoms with Gasteiger partial charge in [0.2, 0.25) is 5.91 Å². The number of benzene rings is 1. The Morgan fingerprint density at radius 2 is 2.12 bits per heavy atom. The topological polar surface area (TPSA) is 72.3 Å². The molecule has 7 nitrogen and oxygen atoms in total. The maximum atomic E-state index is 15.5. The fraction of sp³-hybridized carbons (Fsp3) is 0.400. The highest BCUT2D eigenvalue weighted by Gasteiger charge is 2.31. The van der Waals surface area contributed by atoms with Crippen LogP contribution >= 0.6 is 11.8 Å². The summed E-state index contributed by atoms with van der Waals surface area (Å²) in [7, 11) is 0. The molecule has 3 aliphatic rings. The number of aromatic nitrogens is 3. The quantitative estimate of drug-likeness (QED) is 0.610. The summed E-state index contributed by atoms with van der Waals surface area (Å²) in [6.07, 6.45) is 5.52. The lowest BCUT2D eigenvalue weighted by Crippen LogP contribution is -2.37. The Balaban J connectivity index is 1.52. The van der Waals surface area contributed by atoms with E-state index in [2.05, 4.69) is 14.9 Å². The van der Waals surface area contributed by atoms with E-state index < -0.39 is 0 Å². The van der Waals surface area contributed by atoms with Crippen LogP contribution in [0, 0.1) is 5.82 Å². The lowest BCUT2D eigenvalue weighted by Gasteiger charge is -2.30. The number of nitrogens with one attached hydrogen (secondary N) is 1. The summed E-state index contributed by atoms with van der Waals surface area (Å²) in [6.45, 7) is 4.73. The summed E-state index contributed by atoms with van der Waals surface area (Å²) in [5, 5.41) is 4.85. The standard InChI is InChI=1S/C25H26FN5O2S/c1-15(32)30-6-7-31-21(13-30)24(29-25(31)16-4-8-33-9-5-16)23-18-11-28-20(22-12-27-14-34-22)10-17(18)2-3-19(23)26/h2-3,10-12,16,27H,4-9,13-14H2,1H3. The molecular weight excluding hydrogens is 453 g/mol. The predicted molar refractivity (Wildman–Crippen MR) is 130 cm³/mol. The van der Waals surface area contributed by atoms with E-state index in [1.54, 1.807) is 30.9 Å². The van der Waals surface area contributed by atoms with Crippen LogP contribution in [0.2, 0.25) is 0 Å². The second kappa shape index (κ2) is 8.70. The number of halogens is 1. The molecule has 0 aliphatic carbocycles. The number of carbonyl (C=O) groups excluding carboxylic acids is 1. The van der Waals surface area contributed by atoms with Gasteiger partial charge in [-0.2, -0.15) is 0 Å². The van der Waals surface area contributed by atoms with Gasteiger partial charge in [0, 0.05) is 62.5 Å². The van der Waals surface area contributed by atoms with Crippen molar-refractivity contribution in [3.05, 3.63) is 53.6 Å². The molecule has 9 heteroatoms. The average molecular weight is 480 g/mol. The minimum Gasteiger partial charge on any atom is -0.381 e. The average Bonchev–Trinajstić information content (AvgIpc) is 3.53. The van der Waals surface area contributed by atoms with Gasteiger partial charge in [-0.3, -0.25) is 9.78 Å². The third-order valence-electron chi connectivity index (χ3n) is 6.95. The summed E-state index contributed by atoms with van der Waals surface area (Å²) in [4.78, 5) is 24.8. The minimum absolute atomic E-state index is 0.0201. The molecule has 1 N–H and O–H groups in total. The Bertz CT molecular complexity index is 1310. The van der Waals surface area contributed by atoms with Gasteiger partial charge in [0.1, 0.15) is 11.6 Å². The van der Waals surface area contributed by atoms with E-state index in [0.29, 0.717) is 44.1 Å². The smallest absolute Gasteiger partial charge is 0.219 e. The molecular formula is C25H26FN5O2S. The molecule has 1 amide bonds. The number of carbonyl (C=O) groups is 1. The van der Waals surface area contributed by atoms with E-state index in [1.165, 1.54) is 6.07 Å². The number of thioether (sulfide) groups is 1. The number of nitrogens with zero attached hydrogens (tertiary/aromatic N) is 4. The van der Waals surface area contributed by atoms with Gasteiger partial charge in [0.25, 0.3) is 0 Å². The first-order valence-electron chi connectivity index (χ1n) is 11.7. The van der Waals surface area contributed by atoms with E-state index in [9.17, 15) is 4.79 Å². The van der Waals surface area contributed by atoms with Crippen molar-refractivity contribution in [1.29, 1.82) is 0 Å². The number of imidazole rings is 1. The summed E-state index contributed by atoms with van der Waals surface area (Å²) >= 11 is 1.70. The molecule has 1 saturated heterocycles. The van der Waals surface area contributed by atoms with Crippen LogP contribution < -0.4 is 5.32 Å². The molecule has 1 fully saturated rings. The largest absolute Gasteiger partial charge is 0.381 e. The van der Waals surface area contributed by atoms with Crippen LogP contribution in [0.1, 0.15) is 42.9 Å². The van der Waals surface area contributed by atoms with Gasteiger partial charge in [-0.25, -0.2) is 9.37 Å². The van der Waals surface area contributed by atoms with Crippen molar-refractivity contribution in [2.24, 2.45) is 0 Å². The Morgan fingerprint density at radius 1 is 1.26 bits per heavy atom. The second-order valence-electron chi connectivity index (χ2n) is 8.96. The summed E-state index contributed by atoms with van der Waals surface area (Å²) in [5.74, 6) is 1.78. The molecule has 1 aromatic carbocycles. The maximum absolute atomic E-state index is 15.5. The van der Waals surface area contributed by atoms with Gasteiger partial charge in [0.05, 0.1) is 34.4 Å². The van der Waals surface area contributed by atoms with E-state index in [0.717, 1.165) is 51.6 Å². The Labute approximate surface area is 201 Å². The predicted octanol–water partition coefficient (Wildman–Crippen LogP) is 4.09. The van der Waals surface area contributed by atoms with Crippen LogP contribution in [0.15, 0.2) is 30.6 Å². The molecule has 6 rings (SSSR count). The van der Waals surface area contributed by atoms with Gasteiger partial charge < -0.3 is 19.5 Å². The molecule has 3 aliphatic heterocycles. The van der Waals surface area contributed by atoms with Crippen molar-refractivity contribution in [2.45, 2.75) is 38.8 Å². The first-order valence-corrected chi connectivity index (χ1v) is 12.7. The second-order valence-corrected chi connectivity index (χ2v) is 9.98. The summed E-state index contributed by atoms with van der Waals surface area (Å²) in [6, 6.07) is 5.33. The Kier molecular flexibility index (Phi) is 5.53. The van der Waals surface area contributed by atoms with Crippen molar-refractivity contribution >= 4 is 33.3 Å². The maximum Gasteiger partial charge on any atom is 0.219 e. The number of fused-ring (bicyclic) bond motifs is 2. The molecule has 5 heterocycles. The number of pyridine rings is 1. The molecule has 0 atom stereocenters. The number of hydrogen-bond acceptors (Lipinski definition) is 6. The van der Waals surface area contributed by atoms with Gasteiger partial charge in [0.15, 0.2) is 0 Å². The first kappa shape index (κ1) is 21.6. The minimum atomic E-state index is -0.322. The van der Waals surface area contributed by atoms with E-state index in [-0.39, 0.29) is 17.6 Å². The van der Waals surface area contributed by atoms with E-state index in [4.69, 9.17) is 9.72 Å². The lowest BCUT2D eigenvalue weighted by molar-refractivity contribution is -0.130. The lowest BCUT2D eigenvalue weighted by atomic mass is 9.99. The van der Waals surface area contributed by atoms with Crippen LogP contribution in [0.25, 0.3) is 26.9 Å². The number of hydrogen-bond donors (Lipinski definition) is 1.